The zero-order valence-electron chi connectivity index (χ0n) is 12.9. The molecule has 0 fully saturated rings. The number of unbranched alkanes of at least 4 members (excludes halogenated alkanes) is 1. The molecule has 0 spiro atoms. The van der Waals surface area contributed by atoms with Crippen LogP contribution in [0.15, 0.2) is 18.2 Å². The third-order valence-electron chi connectivity index (χ3n) is 2.99. The summed E-state index contributed by atoms with van der Waals surface area (Å²) >= 11 is 0. The van der Waals surface area contributed by atoms with Crippen LogP contribution in [0, 0.1) is 11.6 Å². The van der Waals surface area contributed by atoms with Gasteiger partial charge in [0.2, 0.25) is 20.0 Å². The van der Waals surface area contributed by atoms with Crippen molar-refractivity contribution in [2.24, 2.45) is 0 Å². The van der Waals surface area contributed by atoms with Crippen LogP contribution < -0.4 is 9.03 Å². The number of anilines is 1. The van der Waals surface area contributed by atoms with Crippen molar-refractivity contribution in [1.82, 2.24) is 4.72 Å². The molecule has 0 unspecified atom stereocenters. The molecule has 0 atom stereocenters. The second-order valence-electron chi connectivity index (χ2n) is 4.97. The third kappa shape index (κ3) is 6.04. The van der Waals surface area contributed by atoms with Crippen LogP contribution in [0.3, 0.4) is 0 Å². The van der Waals surface area contributed by atoms with Crippen LogP contribution in [0.2, 0.25) is 0 Å². The maximum absolute atomic E-state index is 13.8. The maximum atomic E-state index is 13.8. The zero-order valence-corrected chi connectivity index (χ0v) is 14.6. The Balaban J connectivity index is 2.91. The molecule has 6 nitrogen and oxygen atoms in total. The van der Waals surface area contributed by atoms with Gasteiger partial charge >= 0.3 is 0 Å². The van der Waals surface area contributed by atoms with Crippen molar-refractivity contribution < 1.29 is 25.6 Å². The van der Waals surface area contributed by atoms with Gasteiger partial charge < -0.3 is 0 Å². The van der Waals surface area contributed by atoms with Crippen LogP contribution >= 0.6 is 0 Å². The van der Waals surface area contributed by atoms with Crippen molar-refractivity contribution in [2.75, 3.05) is 29.4 Å². The van der Waals surface area contributed by atoms with Crippen LogP contribution in [0.4, 0.5) is 14.5 Å². The van der Waals surface area contributed by atoms with Crippen molar-refractivity contribution >= 4 is 25.7 Å². The second kappa shape index (κ2) is 8.02. The van der Waals surface area contributed by atoms with Crippen LogP contribution in [-0.4, -0.2) is 41.9 Å². The van der Waals surface area contributed by atoms with Gasteiger partial charge in [-0.2, -0.15) is 0 Å². The maximum Gasteiger partial charge on any atom is 0.232 e. The van der Waals surface area contributed by atoms with Crippen molar-refractivity contribution in [3.05, 3.63) is 29.8 Å². The number of nitrogens with zero attached hydrogens (tertiary/aromatic N) is 1. The highest BCUT2D eigenvalue weighted by Crippen LogP contribution is 2.24. The zero-order chi connectivity index (χ0) is 17.7. The first-order valence-corrected chi connectivity index (χ1v) is 10.5. The molecule has 1 N–H and O–H groups in total. The average Bonchev–Trinajstić information content (AvgIpc) is 2.42. The molecule has 0 heterocycles. The van der Waals surface area contributed by atoms with Crippen LogP contribution in [0.5, 0.6) is 0 Å². The molecule has 0 radical (unpaired) electrons. The van der Waals surface area contributed by atoms with Gasteiger partial charge in [-0.25, -0.2) is 30.3 Å². The lowest BCUT2D eigenvalue weighted by Gasteiger charge is -2.23. The van der Waals surface area contributed by atoms with E-state index in [1.54, 1.807) is 0 Å². The van der Waals surface area contributed by atoms with E-state index in [1.165, 1.54) is 0 Å². The monoisotopic (exact) mass is 370 g/mol. The van der Waals surface area contributed by atoms with E-state index in [2.05, 4.69) is 4.72 Å². The normalized spacial score (nSPS) is 12.3. The predicted octanol–water partition coefficient (Wildman–Crippen LogP) is 1.45. The van der Waals surface area contributed by atoms with Crippen molar-refractivity contribution in [3.8, 4) is 0 Å². The van der Waals surface area contributed by atoms with Crippen LogP contribution in [0.25, 0.3) is 0 Å². The van der Waals surface area contributed by atoms with Gasteiger partial charge in [0.05, 0.1) is 12.0 Å². The largest absolute Gasteiger partial charge is 0.263 e. The Kier molecular flexibility index (Phi) is 6.90. The second-order valence-corrected chi connectivity index (χ2v) is 8.81. The highest BCUT2D eigenvalue weighted by Gasteiger charge is 2.24. The quantitative estimate of drug-likeness (QED) is 0.713. The van der Waals surface area contributed by atoms with Gasteiger partial charge in [0, 0.05) is 13.1 Å². The Hall–Kier alpha value is -1.26. The van der Waals surface area contributed by atoms with Crippen LogP contribution in [-0.2, 0) is 20.0 Å². The smallest absolute Gasteiger partial charge is 0.232 e. The summed E-state index contributed by atoms with van der Waals surface area (Å²) in [5.41, 5.74) is -0.720. The Morgan fingerprint density at radius 3 is 2.17 bits per heavy atom. The molecule has 0 saturated carbocycles. The highest BCUT2D eigenvalue weighted by molar-refractivity contribution is 7.92. The van der Waals surface area contributed by atoms with Gasteiger partial charge in [-0.15, -0.1) is 0 Å². The molecular formula is C13H20F2N2O4S2. The molecule has 0 aliphatic rings. The summed E-state index contributed by atoms with van der Waals surface area (Å²) in [5, 5.41) is 0. The summed E-state index contributed by atoms with van der Waals surface area (Å²) in [6, 6.07) is 2.98. The molecule has 0 aliphatic heterocycles. The van der Waals surface area contributed by atoms with E-state index in [1.807, 2.05) is 6.92 Å². The first kappa shape index (κ1) is 19.8. The molecule has 1 aromatic rings. The van der Waals surface area contributed by atoms with Crippen molar-refractivity contribution in [2.45, 2.75) is 19.8 Å². The summed E-state index contributed by atoms with van der Waals surface area (Å²) < 4.78 is 77.2. The molecule has 0 amide bonds. The van der Waals surface area contributed by atoms with E-state index in [9.17, 15) is 25.6 Å². The Morgan fingerprint density at radius 2 is 1.70 bits per heavy atom. The number of rotatable bonds is 9. The predicted molar refractivity (Wildman–Crippen MR) is 85.2 cm³/mol. The van der Waals surface area contributed by atoms with Crippen LogP contribution in [0.1, 0.15) is 19.8 Å². The molecule has 23 heavy (non-hydrogen) atoms. The lowest BCUT2D eigenvalue weighted by molar-refractivity contribution is 0.564. The van der Waals surface area contributed by atoms with Gasteiger partial charge in [0.25, 0.3) is 0 Å². The summed E-state index contributed by atoms with van der Waals surface area (Å²) in [4.78, 5) is 0. The minimum Gasteiger partial charge on any atom is -0.263 e. The molecule has 1 rings (SSSR count). The third-order valence-corrected chi connectivity index (χ3v) is 5.63. The Bertz CT molecular complexity index is 716. The van der Waals surface area contributed by atoms with Gasteiger partial charge in [-0.3, -0.25) is 4.31 Å². The fraction of sp³-hybridized carbons (Fsp3) is 0.538. The minimum absolute atomic E-state index is 0.0869. The number of hydrogen-bond acceptors (Lipinski definition) is 4. The fourth-order valence-electron chi connectivity index (χ4n) is 1.88. The van der Waals surface area contributed by atoms with E-state index < -0.39 is 43.9 Å². The first-order chi connectivity index (χ1) is 10.6. The van der Waals surface area contributed by atoms with E-state index in [4.69, 9.17) is 0 Å². The number of hydrogen-bond donors (Lipinski definition) is 1. The molecular weight excluding hydrogens is 350 g/mol. The van der Waals surface area contributed by atoms with Gasteiger partial charge in [0.15, 0.2) is 11.6 Å². The van der Waals surface area contributed by atoms with Crippen molar-refractivity contribution in [1.29, 1.82) is 0 Å². The summed E-state index contributed by atoms with van der Waals surface area (Å²) in [7, 11) is -7.53. The average molecular weight is 370 g/mol. The van der Waals surface area contributed by atoms with Gasteiger partial charge in [-0.05, 0) is 18.6 Å². The van der Waals surface area contributed by atoms with E-state index in [0.717, 1.165) is 24.5 Å². The lowest BCUT2D eigenvalue weighted by Crippen LogP contribution is -2.39. The molecule has 1 aromatic carbocycles. The molecule has 0 aliphatic carbocycles. The number of nitrogens with one attached hydrogen (secondary N) is 1. The standard InChI is InChI=1S/C13H20F2N2O4S2/c1-3-4-10-23(20,21)16-8-9-17(22(2,18)19)13-11(14)6-5-7-12(13)15/h5-7,16H,3-4,8-10H2,1-2H3. The fourth-order valence-corrected chi connectivity index (χ4v) is 4.02. The molecule has 10 heteroatoms. The number of halogens is 2. The summed E-state index contributed by atoms with van der Waals surface area (Å²) in [6.45, 7) is 1.14. The first-order valence-electron chi connectivity index (χ1n) is 6.97. The minimum atomic E-state index is -3.98. The highest BCUT2D eigenvalue weighted by atomic mass is 32.2. The topological polar surface area (TPSA) is 83.6 Å². The summed E-state index contributed by atoms with van der Waals surface area (Å²) in [5.74, 6) is -2.16. The van der Waals surface area contributed by atoms with E-state index in [0.29, 0.717) is 17.1 Å². The Labute approximate surface area is 135 Å². The molecule has 132 valence electrons. The van der Waals surface area contributed by atoms with Gasteiger partial charge in [-0.1, -0.05) is 19.4 Å². The summed E-state index contributed by atoms with van der Waals surface area (Å²) in [6.07, 6.45) is 1.95. The number of para-hydroxylation sites is 1. The van der Waals surface area contributed by atoms with Gasteiger partial charge in [0.1, 0.15) is 5.69 Å². The molecule has 0 bridgehead atoms. The Morgan fingerprint density at radius 1 is 1.13 bits per heavy atom. The van der Waals surface area contributed by atoms with E-state index in [-0.39, 0.29) is 12.3 Å². The lowest BCUT2D eigenvalue weighted by atomic mass is 10.3. The van der Waals surface area contributed by atoms with Crippen molar-refractivity contribution in [3.63, 3.8) is 0 Å². The number of benzene rings is 1. The molecule has 0 saturated heterocycles. The molecule has 0 aromatic heterocycles. The SMILES string of the molecule is CCCCS(=O)(=O)NCCN(c1c(F)cccc1F)S(C)(=O)=O. The number of sulfonamides is 2. The van der Waals surface area contributed by atoms with E-state index >= 15 is 0 Å².